The monoisotopic (exact) mass is 221 g/mol. The van der Waals surface area contributed by atoms with Gasteiger partial charge in [-0.3, -0.25) is 0 Å². The molecule has 0 aromatic heterocycles. The van der Waals surface area contributed by atoms with Crippen LogP contribution in [0, 0.1) is 0 Å². The Morgan fingerprint density at radius 1 is 1.33 bits per heavy atom. The highest BCUT2D eigenvalue weighted by atomic mass is 32.2. The molecule has 0 spiro atoms. The summed E-state index contributed by atoms with van der Waals surface area (Å²) in [6.07, 6.45) is 5.32. The highest BCUT2D eigenvalue weighted by Gasteiger charge is 2.19. The molecular formula is C11H11NO2S. The molecule has 15 heavy (non-hydrogen) atoms. The lowest BCUT2D eigenvalue weighted by Crippen LogP contribution is -1.94. The number of benzene rings is 1. The lowest BCUT2D eigenvalue weighted by atomic mass is 10.1. The van der Waals surface area contributed by atoms with Gasteiger partial charge in [-0.1, -0.05) is 18.2 Å². The molecule has 2 rings (SSSR count). The number of hydrogen-bond donors (Lipinski definition) is 1. The van der Waals surface area contributed by atoms with Gasteiger partial charge in [-0.25, -0.2) is 8.42 Å². The van der Waals surface area contributed by atoms with E-state index in [4.69, 9.17) is 5.73 Å². The molecule has 1 aromatic rings. The van der Waals surface area contributed by atoms with Crippen LogP contribution in [0.5, 0.6) is 0 Å². The summed E-state index contributed by atoms with van der Waals surface area (Å²) in [5.74, 6) is 0. The maximum absolute atomic E-state index is 11.5. The summed E-state index contributed by atoms with van der Waals surface area (Å²) in [7, 11) is -3.17. The molecule has 3 nitrogen and oxygen atoms in total. The zero-order chi connectivity index (χ0) is 10.9. The highest BCUT2D eigenvalue weighted by molar-refractivity contribution is 7.94. The van der Waals surface area contributed by atoms with Gasteiger partial charge in [-0.2, -0.15) is 0 Å². The largest absolute Gasteiger partial charge is 0.327 e. The first-order valence-corrected chi connectivity index (χ1v) is 6.12. The summed E-state index contributed by atoms with van der Waals surface area (Å²) >= 11 is 0. The molecule has 2 N–H and O–H groups in total. The van der Waals surface area contributed by atoms with Crippen molar-refractivity contribution in [1.29, 1.82) is 0 Å². The van der Waals surface area contributed by atoms with Gasteiger partial charge in [0, 0.05) is 12.0 Å². The minimum Gasteiger partial charge on any atom is -0.327 e. The lowest BCUT2D eigenvalue weighted by Gasteiger charge is -1.99. The standard InChI is InChI=1S/C11H11NO2S/c12-6-1-2-9-3-4-11-10(8-9)5-7-15(11,13)14/h1-5,7-8H,6,12H2/b2-1+. The molecule has 4 heteroatoms. The molecule has 1 aromatic carbocycles. The fourth-order valence-corrected chi connectivity index (χ4v) is 2.69. The quantitative estimate of drug-likeness (QED) is 0.821. The first-order valence-electron chi connectivity index (χ1n) is 4.57. The molecule has 1 aliphatic rings. The summed E-state index contributed by atoms with van der Waals surface area (Å²) in [6, 6.07) is 5.24. The Morgan fingerprint density at radius 2 is 2.13 bits per heavy atom. The van der Waals surface area contributed by atoms with Crippen molar-refractivity contribution >= 4 is 22.0 Å². The maximum atomic E-state index is 11.5. The SMILES string of the molecule is NC/C=C/c1ccc2c(c1)C=CS2(=O)=O. The van der Waals surface area contributed by atoms with E-state index in [2.05, 4.69) is 0 Å². The molecule has 0 bridgehead atoms. The van der Waals surface area contributed by atoms with Crippen LogP contribution in [-0.4, -0.2) is 15.0 Å². The molecule has 78 valence electrons. The van der Waals surface area contributed by atoms with Gasteiger partial charge >= 0.3 is 0 Å². The van der Waals surface area contributed by atoms with Crippen LogP contribution in [0.4, 0.5) is 0 Å². The first kappa shape index (κ1) is 10.1. The van der Waals surface area contributed by atoms with Crippen molar-refractivity contribution < 1.29 is 8.42 Å². The van der Waals surface area contributed by atoms with E-state index in [-0.39, 0.29) is 0 Å². The van der Waals surface area contributed by atoms with E-state index in [1.54, 1.807) is 18.2 Å². The highest BCUT2D eigenvalue weighted by Crippen LogP contribution is 2.27. The lowest BCUT2D eigenvalue weighted by molar-refractivity contribution is 0.605. The van der Waals surface area contributed by atoms with E-state index in [9.17, 15) is 8.42 Å². The van der Waals surface area contributed by atoms with E-state index in [1.165, 1.54) is 5.41 Å². The summed E-state index contributed by atoms with van der Waals surface area (Å²) in [5.41, 5.74) is 7.04. The van der Waals surface area contributed by atoms with Crippen LogP contribution in [0.3, 0.4) is 0 Å². The number of sulfone groups is 1. The Kier molecular flexibility index (Phi) is 2.46. The minimum atomic E-state index is -3.17. The number of fused-ring (bicyclic) bond motifs is 1. The second kappa shape index (κ2) is 3.64. The van der Waals surface area contributed by atoms with Crippen molar-refractivity contribution in [3.63, 3.8) is 0 Å². The van der Waals surface area contributed by atoms with Gasteiger partial charge in [-0.05, 0) is 29.3 Å². The normalized spacial score (nSPS) is 17.1. The van der Waals surface area contributed by atoms with Crippen molar-refractivity contribution in [2.75, 3.05) is 6.54 Å². The zero-order valence-electron chi connectivity index (χ0n) is 8.05. The number of nitrogens with two attached hydrogens (primary N) is 1. The second-order valence-corrected chi connectivity index (χ2v) is 5.09. The Balaban J connectivity index is 2.46. The second-order valence-electron chi connectivity index (χ2n) is 3.28. The van der Waals surface area contributed by atoms with E-state index in [0.717, 1.165) is 11.1 Å². The van der Waals surface area contributed by atoms with Crippen LogP contribution in [-0.2, 0) is 9.84 Å². The van der Waals surface area contributed by atoms with Crippen LogP contribution in [0.1, 0.15) is 11.1 Å². The van der Waals surface area contributed by atoms with E-state index in [0.29, 0.717) is 11.4 Å². The van der Waals surface area contributed by atoms with Crippen LogP contribution < -0.4 is 5.73 Å². The average Bonchev–Trinajstić information content (AvgIpc) is 2.52. The molecule has 0 amide bonds. The molecule has 0 atom stereocenters. The molecule has 0 aliphatic carbocycles. The third-order valence-corrected chi connectivity index (χ3v) is 3.69. The molecule has 0 saturated heterocycles. The average molecular weight is 221 g/mol. The Hall–Kier alpha value is -1.39. The zero-order valence-corrected chi connectivity index (χ0v) is 8.87. The smallest absolute Gasteiger partial charge is 0.200 e. The minimum absolute atomic E-state index is 0.382. The molecular weight excluding hydrogens is 210 g/mol. The predicted molar refractivity (Wildman–Crippen MR) is 60.8 cm³/mol. The van der Waals surface area contributed by atoms with Crippen molar-refractivity contribution in [2.45, 2.75) is 4.90 Å². The van der Waals surface area contributed by atoms with Gasteiger partial charge < -0.3 is 5.73 Å². The fraction of sp³-hybridized carbons (Fsp3) is 0.0909. The molecule has 0 fully saturated rings. The van der Waals surface area contributed by atoms with Gasteiger partial charge in [0.15, 0.2) is 9.84 Å². The Labute approximate surface area is 88.8 Å². The molecule has 0 radical (unpaired) electrons. The van der Waals surface area contributed by atoms with E-state index < -0.39 is 9.84 Å². The Morgan fingerprint density at radius 3 is 2.87 bits per heavy atom. The van der Waals surface area contributed by atoms with Gasteiger partial charge in [0.1, 0.15) is 0 Å². The van der Waals surface area contributed by atoms with Gasteiger partial charge in [0.25, 0.3) is 0 Å². The van der Waals surface area contributed by atoms with Crippen LogP contribution in [0.25, 0.3) is 12.2 Å². The van der Waals surface area contributed by atoms with Crippen LogP contribution >= 0.6 is 0 Å². The summed E-state index contributed by atoms with van der Waals surface area (Å²) < 4.78 is 22.9. The molecule has 0 saturated carbocycles. The number of hydrogen-bond acceptors (Lipinski definition) is 3. The molecule has 1 heterocycles. The van der Waals surface area contributed by atoms with Crippen molar-refractivity contribution in [1.82, 2.24) is 0 Å². The van der Waals surface area contributed by atoms with Crippen LogP contribution in [0.2, 0.25) is 0 Å². The Bertz CT molecular complexity index is 542. The van der Waals surface area contributed by atoms with E-state index in [1.807, 2.05) is 18.2 Å². The third-order valence-electron chi connectivity index (χ3n) is 2.21. The summed E-state index contributed by atoms with van der Waals surface area (Å²) in [5, 5.41) is 1.23. The predicted octanol–water partition coefficient (Wildman–Crippen LogP) is 1.42. The number of rotatable bonds is 2. The van der Waals surface area contributed by atoms with Gasteiger partial charge in [0.2, 0.25) is 0 Å². The van der Waals surface area contributed by atoms with Crippen molar-refractivity contribution in [3.05, 3.63) is 40.8 Å². The van der Waals surface area contributed by atoms with Gasteiger partial charge in [-0.15, -0.1) is 0 Å². The topological polar surface area (TPSA) is 60.2 Å². The molecule has 1 aliphatic heterocycles. The van der Waals surface area contributed by atoms with Gasteiger partial charge in [0.05, 0.1) is 4.90 Å². The van der Waals surface area contributed by atoms with Crippen molar-refractivity contribution in [3.8, 4) is 0 Å². The van der Waals surface area contributed by atoms with E-state index >= 15 is 0 Å². The van der Waals surface area contributed by atoms with Crippen LogP contribution in [0.15, 0.2) is 34.6 Å². The maximum Gasteiger partial charge on any atom is 0.200 e. The summed E-state index contributed by atoms with van der Waals surface area (Å²) in [6.45, 7) is 0.477. The first-order chi connectivity index (χ1) is 7.13. The third kappa shape index (κ3) is 1.86. The summed E-state index contributed by atoms with van der Waals surface area (Å²) in [4.78, 5) is 0.382. The van der Waals surface area contributed by atoms with Crippen molar-refractivity contribution in [2.24, 2.45) is 5.73 Å². The molecule has 0 unspecified atom stereocenters. The fourth-order valence-electron chi connectivity index (χ4n) is 1.50.